The molecule has 0 saturated heterocycles. The van der Waals surface area contributed by atoms with Gasteiger partial charge in [0, 0.05) is 47.4 Å². The summed E-state index contributed by atoms with van der Waals surface area (Å²) in [5.41, 5.74) is 2.49. The average Bonchev–Trinajstić information content (AvgIpc) is 3.18. The first-order valence-corrected chi connectivity index (χ1v) is 10.5. The van der Waals surface area contributed by atoms with Gasteiger partial charge in [0.25, 0.3) is 11.7 Å². The van der Waals surface area contributed by atoms with Crippen LogP contribution in [0.4, 0.5) is 20.6 Å². The number of pyridine rings is 1. The third-order valence-electron chi connectivity index (χ3n) is 5.06. The largest absolute Gasteiger partial charge is 0.450 e. The average molecular weight is 460 g/mol. The number of halogens is 1. The summed E-state index contributed by atoms with van der Waals surface area (Å²) in [5.74, 6) is -1.90. The molecule has 0 fully saturated rings. The molecule has 0 aliphatic heterocycles. The van der Waals surface area contributed by atoms with E-state index in [9.17, 15) is 18.8 Å². The number of ether oxygens (including phenoxy) is 1. The van der Waals surface area contributed by atoms with Crippen molar-refractivity contribution in [3.8, 4) is 0 Å². The SMILES string of the molecule is CCOC(=O)Nc1ccc2c(c1)c(C(=O)C(=O)Nc1ccncc1)cn2Cc1ccc(F)cc1. The molecule has 0 unspecified atom stereocenters. The van der Waals surface area contributed by atoms with Gasteiger partial charge in [0.15, 0.2) is 0 Å². The van der Waals surface area contributed by atoms with Crippen LogP contribution in [0.2, 0.25) is 0 Å². The summed E-state index contributed by atoms with van der Waals surface area (Å²) >= 11 is 0. The van der Waals surface area contributed by atoms with E-state index in [-0.39, 0.29) is 18.0 Å². The Labute approximate surface area is 194 Å². The van der Waals surface area contributed by atoms with Crippen LogP contribution in [-0.4, -0.2) is 33.9 Å². The minimum absolute atomic E-state index is 0.163. The molecular weight excluding hydrogens is 439 g/mol. The van der Waals surface area contributed by atoms with Crippen molar-refractivity contribution in [2.45, 2.75) is 13.5 Å². The Morgan fingerprint density at radius 1 is 0.971 bits per heavy atom. The van der Waals surface area contributed by atoms with E-state index in [0.29, 0.717) is 28.8 Å². The second kappa shape index (κ2) is 9.95. The van der Waals surface area contributed by atoms with Crippen molar-refractivity contribution >= 4 is 40.1 Å². The van der Waals surface area contributed by atoms with Gasteiger partial charge in [-0.1, -0.05) is 12.1 Å². The van der Waals surface area contributed by atoms with Gasteiger partial charge in [-0.2, -0.15) is 0 Å². The molecule has 0 aliphatic rings. The van der Waals surface area contributed by atoms with Crippen LogP contribution in [0.15, 0.2) is 73.2 Å². The number of ketones is 1. The topological polar surface area (TPSA) is 102 Å². The fourth-order valence-corrected chi connectivity index (χ4v) is 3.50. The second-order valence-corrected chi connectivity index (χ2v) is 7.39. The predicted molar refractivity (Wildman–Crippen MR) is 125 cm³/mol. The number of benzene rings is 2. The van der Waals surface area contributed by atoms with E-state index in [2.05, 4.69) is 15.6 Å². The highest BCUT2D eigenvalue weighted by atomic mass is 19.1. The fourth-order valence-electron chi connectivity index (χ4n) is 3.50. The third-order valence-corrected chi connectivity index (χ3v) is 5.06. The Kier molecular flexibility index (Phi) is 6.63. The van der Waals surface area contributed by atoms with Crippen LogP contribution in [0, 0.1) is 5.82 Å². The summed E-state index contributed by atoms with van der Waals surface area (Å²) in [7, 11) is 0. The standard InChI is InChI=1S/C25H21FN4O4/c1-2-34-25(33)29-19-7-8-22-20(13-19)21(15-30(22)14-16-3-5-17(26)6-4-16)23(31)24(32)28-18-9-11-27-12-10-18/h3-13,15H,2,14H2,1H3,(H,29,33)(H,27,28,32). The van der Waals surface area contributed by atoms with Gasteiger partial charge in [-0.25, -0.2) is 9.18 Å². The molecule has 4 aromatic rings. The van der Waals surface area contributed by atoms with Gasteiger partial charge < -0.3 is 14.6 Å². The Balaban J connectivity index is 1.71. The van der Waals surface area contributed by atoms with Gasteiger partial charge in [-0.15, -0.1) is 0 Å². The van der Waals surface area contributed by atoms with E-state index < -0.39 is 17.8 Å². The van der Waals surface area contributed by atoms with E-state index in [4.69, 9.17) is 4.74 Å². The number of aromatic nitrogens is 2. The van der Waals surface area contributed by atoms with Crippen LogP contribution >= 0.6 is 0 Å². The number of hydrogen-bond acceptors (Lipinski definition) is 5. The van der Waals surface area contributed by atoms with Gasteiger partial charge in [-0.05, 0) is 55.0 Å². The summed E-state index contributed by atoms with van der Waals surface area (Å²) in [6, 6.07) is 14.2. The highest BCUT2D eigenvalue weighted by molar-refractivity contribution is 6.48. The monoisotopic (exact) mass is 460 g/mol. The molecule has 172 valence electrons. The van der Waals surface area contributed by atoms with Crippen molar-refractivity contribution in [2.24, 2.45) is 0 Å². The first-order chi connectivity index (χ1) is 16.4. The summed E-state index contributed by atoms with van der Waals surface area (Å²) in [5, 5.41) is 5.65. The third kappa shape index (κ3) is 5.09. The maximum absolute atomic E-state index is 13.3. The van der Waals surface area contributed by atoms with Crippen LogP contribution in [0.1, 0.15) is 22.8 Å². The molecule has 0 saturated carbocycles. The molecular formula is C25H21FN4O4. The molecule has 2 amide bonds. The summed E-state index contributed by atoms with van der Waals surface area (Å²) < 4.78 is 20.0. The van der Waals surface area contributed by atoms with Crippen molar-refractivity contribution < 1.29 is 23.5 Å². The normalized spacial score (nSPS) is 10.6. The number of fused-ring (bicyclic) bond motifs is 1. The van der Waals surface area contributed by atoms with Crippen molar-refractivity contribution in [1.82, 2.24) is 9.55 Å². The van der Waals surface area contributed by atoms with Crippen LogP contribution in [0.25, 0.3) is 10.9 Å². The lowest BCUT2D eigenvalue weighted by Crippen LogP contribution is -2.22. The number of amides is 2. The van der Waals surface area contributed by atoms with E-state index in [1.165, 1.54) is 24.5 Å². The molecule has 0 radical (unpaired) electrons. The van der Waals surface area contributed by atoms with Gasteiger partial charge in [0.1, 0.15) is 5.82 Å². The molecule has 2 N–H and O–H groups in total. The molecule has 0 atom stereocenters. The smallest absolute Gasteiger partial charge is 0.411 e. The number of anilines is 2. The van der Waals surface area contributed by atoms with Crippen molar-refractivity contribution in [3.05, 3.63) is 90.1 Å². The lowest BCUT2D eigenvalue weighted by molar-refractivity contribution is -0.112. The van der Waals surface area contributed by atoms with Crippen molar-refractivity contribution in [1.29, 1.82) is 0 Å². The second-order valence-electron chi connectivity index (χ2n) is 7.39. The van der Waals surface area contributed by atoms with Crippen molar-refractivity contribution in [3.63, 3.8) is 0 Å². The Bertz CT molecular complexity index is 1350. The van der Waals surface area contributed by atoms with Crippen LogP contribution < -0.4 is 10.6 Å². The maximum Gasteiger partial charge on any atom is 0.411 e. The van der Waals surface area contributed by atoms with E-state index in [1.807, 2.05) is 0 Å². The lowest BCUT2D eigenvalue weighted by atomic mass is 10.1. The number of carbonyl (C=O) groups excluding carboxylic acids is 3. The zero-order chi connectivity index (χ0) is 24.1. The predicted octanol–water partition coefficient (Wildman–Crippen LogP) is 4.61. The Morgan fingerprint density at radius 2 is 1.71 bits per heavy atom. The lowest BCUT2D eigenvalue weighted by Gasteiger charge is -2.08. The van der Waals surface area contributed by atoms with E-state index in [1.54, 1.807) is 60.2 Å². The molecule has 2 heterocycles. The summed E-state index contributed by atoms with van der Waals surface area (Å²) in [6.45, 7) is 2.25. The highest BCUT2D eigenvalue weighted by Crippen LogP contribution is 2.27. The molecule has 0 aliphatic carbocycles. The van der Waals surface area contributed by atoms with Crippen LogP contribution in [0.5, 0.6) is 0 Å². The Morgan fingerprint density at radius 3 is 2.41 bits per heavy atom. The molecule has 2 aromatic carbocycles. The van der Waals surface area contributed by atoms with Crippen LogP contribution in [-0.2, 0) is 16.1 Å². The first-order valence-electron chi connectivity index (χ1n) is 10.5. The van der Waals surface area contributed by atoms with Gasteiger partial charge in [0.2, 0.25) is 0 Å². The molecule has 8 nitrogen and oxygen atoms in total. The van der Waals surface area contributed by atoms with E-state index in [0.717, 1.165) is 5.56 Å². The molecule has 9 heteroatoms. The van der Waals surface area contributed by atoms with Crippen LogP contribution in [0.3, 0.4) is 0 Å². The van der Waals surface area contributed by atoms with Crippen molar-refractivity contribution in [2.75, 3.05) is 17.2 Å². The van der Waals surface area contributed by atoms with Gasteiger partial charge in [0.05, 0.1) is 12.2 Å². The minimum Gasteiger partial charge on any atom is -0.450 e. The number of nitrogens with zero attached hydrogens (tertiary/aromatic N) is 2. The first kappa shape index (κ1) is 22.7. The van der Waals surface area contributed by atoms with Gasteiger partial charge >= 0.3 is 6.09 Å². The molecule has 0 spiro atoms. The molecule has 0 bridgehead atoms. The number of hydrogen-bond donors (Lipinski definition) is 2. The van der Waals surface area contributed by atoms with E-state index >= 15 is 0 Å². The Hall–Kier alpha value is -4.53. The molecule has 2 aromatic heterocycles. The van der Waals surface area contributed by atoms with Gasteiger partial charge in [-0.3, -0.25) is 19.9 Å². The summed E-state index contributed by atoms with van der Waals surface area (Å²) in [4.78, 5) is 41.5. The number of carbonyl (C=O) groups is 3. The zero-order valence-corrected chi connectivity index (χ0v) is 18.2. The highest BCUT2D eigenvalue weighted by Gasteiger charge is 2.22. The maximum atomic E-state index is 13.3. The summed E-state index contributed by atoms with van der Waals surface area (Å²) in [6.07, 6.45) is 3.96. The number of Topliss-reactive ketones (excluding diaryl/α,β-unsaturated/α-hetero) is 1. The zero-order valence-electron chi connectivity index (χ0n) is 18.2. The molecule has 34 heavy (non-hydrogen) atoms. The minimum atomic E-state index is -0.809. The number of nitrogens with one attached hydrogen (secondary N) is 2. The quantitative estimate of drug-likeness (QED) is 0.310. The molecule has 4 rings (SSSR count). The number of rotatable bonds is 7. The fraction of sp³-hybridized carbons (Fsp3) is 0.120.